The average molecular weight is 310 g/mol. The summed E-state index contributed by atoms with van der Waals surface area (Å²) in [5.41, 5.74) is 6.97. The van der Waals surface area contributed by atoms with Gasteiger partial charge in [0.15, 0.2) is 0 Å². The number of nitrogen functional groups attached to an aromatic ring is 1. The molecule has 0 unspecified atom stereocenters. The lowest BCUT2D eigenvalue weighted by Gasteiger charge is -2.27. The highest BCUT2D eigenvalue weighted by atomic mass is 35.5. The van der Waals surface area contributed by atoms with Gasteiger partial charge in [0.1, 0.15) is 0 Å². The molecule has 1 amide bonds. The van der Waals surface area contributed by atoms with E-state index in [0.29, 0.717) is 28.9 Å². The molecule has 116 valence electrons. The van der Waals surface area contributed by atoms with Crippen LogP contribution in [0, 0.1) is 0 Å². The van der Waals surface area contributed by atoms with Gasteiger partial charge in [-0.2, -0.15) is 0 Å². The lowest BCUT2D eigenvalue weighted by Crippen LogP contribution is -2.35. The van der Waals surface area contributed by atoms with E-state index in [0.717, 1.165) is 13.1 Å². The fraction of sp³-hybridized carbons (Fsp3) is 0.562. The van der Waals surface area contributed by atoms with Gasteiger partial charge in [0, 0.05) is 24.0 Å². The molecule has 1 aliphatic carbocycles. The summed E-state index contributed by atoms with van der Waals surface area (Å²) < 4.78 is 0. The van der Waals surface area contributed by atoms with Crippen LogP contribution in [-0.4, -0.2) is 29.9 Å². The molecule has 1 fully saturated rings. The number of halogens is 1. The van der Waals surface area contributed by atoms with E-state index >= 15 is 0 Å². The first-order valence-corrected chi connectivity index (χ1v) is 8.07. The number of anilines is 2. The molecule has 0 radical (unpaired) electrons. The number of amides is 1. The van der Waals surface area contributed by atoms with Crippen LogP contribution in [0.15, 0.2) is 18.2 Å². The van der Waals surface area contributed by atoms with Gasteiger partial charge in [-0.3, -0.25) is 4.79 Å². The Hall–Kier alpha value is -1.26. The van der Waals surface area contributed by atoms with Gasteiger partial charge in [0.2, 0.25) is 5.91 Å². The standard InChI is InChI=1S/C16H24ClN3O/c1-2-20(13-5-3-4-6-13)10-9-16(21)19-15-8-7-12(17)11-14(15)18/h7-8,11,13H,2-6,9-10,18H2,1H3,(H,19,21). The summed E-state index contributed by atoms with van der Waals surface area (Å²) in [5.74, 6) is 0.000435. The number of carbonyl (C=O) groups is 1. The average Bonchev–Trinajstić information content (AvgIpc) is 2.97. The number of hydrogen-bond acceptors (Lipinski definition) is 3. The van der Waals surface area contributed by atoms with Gasteiger partial charge < -0.3 is 16.0 Å². The predicted molar refractivity (Wildman–Crippen MR) is 88.6 cm³/mol. The first kappa shape index (κ1) is 16.1. The van der Waals surface area contributed by atoms with Crippen molar-refractivity contribution in [2.24, 2.45) is 0 Å². The van der Waals surface area contributed by atoms with Crippen molar-refractivity contribution < 1.29 is 4.79 Å². The van der Waals surface area contributed by atoms with E-state index in [2.05, 4.69) is 17.1 Å². The van der Waals surface area contributed by atoms with Crippen molar-refractivity contribution in [1.82, 2.24) is 4.90 Å². The highest BCUT2D eigenvalue weighted by Crippen LogP contribution is 2.24. The molecule has 21 heavy (non-hydrogen) atoms. The maximum absolute atomic E-state index is 12.1. The second-order valence-electron chi connectivity index (χ2n) is 5.60. The Morgan fingerprint density at radius 2 is 2.14 bits per heavy atom. The summed E-state index contributed by atoms with van der Waals surface area (Å²) >= 11 is 5.85. The third-order valence-corrected chi connectivity index (χ3v) is 4.40. The van der Waals surface area contributed by atoms with Gasteiger partial charge in [-0.05, 0) is 37.6 Å². The molecule has 0 aromatic heterocycles. The molecular formula is C16H24ClN3O. The second kappa shape index (κ2) is 7.66. The molecule has 3 N–H and O–H groups in total. The molecule has 0 heterocycles. The Kier molecular flexibility index (Phi) is 5.88. The van der Waals surface area contributed by atoms with Crippen LogP contribution in [-0.2, 0) is 4.79 Å². The van der Waals surface area contributed by atoms with Gasteiger partial charge in [0.25, 0.3) is 0 Å². The van der Waals surface area contributed by atoms with Crippen LogP contribution in [0.25, 0.3) is 0 Å². The first-order chi connectivity index (χ1) is 10.1. The number of nitrogens with zero attached hydrogens (tertiary/aromatic N) is 1. The van der Waals surface area contributed by atoms with Crippen molar-refractivity contribution in [1.29, 1.82) is 0 Å². The molecule has 1 aliphatic rings. The van der Waals surface area contributed by atoms with Gasteiger partial charge in [0.05, 0.1) is 11.4 Å². The van der Waals surface area contributed by atoms with E-state index in [1.165, 1.54) is 25.7 Å². The van der Waals surface area contributed by atoms with Crippen LogP contribution in [0.1, 0.15) is 39.0 Å². The first-order valence-electron chi connectivity index (χ1n) is 7.69. The number of nitrogens with one attached hydrogen (secondary N) is 1. The lowest BCUT2D eigenvalue weighted by atomic mass is 10.2. The molecule has 0 aliphatic heterocycles. The van der Waals surface area contributed by atoms with E-state index in [1.54, 1.807) is 18.2 Å². The summed E-state index contributed by atoms with van der Waals surface area (Å²) in [6.45, 7) is 3.97. The molecule has 1 saturated carbocycles. The van der Waals surface area contributed by atoms with E-state index in [4.69, 9.17) is 17.3 Å². The number of benzene rings is 1. The fourth-order valence-corrected chi connectivity index (χ4v) is 3.15. The molecule has 2 rings (SSSR count). The van der Waals surface area contributed by atoms with Crippen LogP contribution in [0.2, 0.25) is 5.02 Å². The third kappa shape index (κ3) is 4.61. The molecule has 4 nitrogen and oxygen atoms in total. The normalized spacial score (nSPS) is 15.6. The highest BCUT2D eigenvalue weighted by molar-refractivity contribution is 6.31. The maximum atomic E-state index is 12.1. The Morgan fingerprint density at radius 3 is 2.76 bits per heavy atom. The van der Waals surface area contributed by atoms with Gasteiger partial charge >= 0.3 is 0 Å². The van der Waals surface area contributed by atoms with Gasteiger partial charge in [-0.25, -0.2) is 0 Å². The van der Waals surface area contributed by atoms with Crippen LogP contribution in [0.3, 0.4) is 0 Å². The van der Waals surface area contributed by atoms with Crippen molar-refractivity contribution in [3.63, 3.8) is 0 Å². The van der Waals surface area contributed by atoms with Gasteiger partial charge in [-0.15, -0.1) is 0 Å². The highest BCUT2D eigenvalue weighted by Gasteiger charge is 2.21. The number of nitrogens with two attached hydrogens (primary N) is 1. The number of hydrogen-bond donors (Lipinski definition) is 2. The number of carbonyl (C=O) groups excluding carboxylic acids is 1. The summed E-state index contributed by atoms with van der Waals surface area (Å²) in [5, 5.41) is 3.43. The smallest absolute Gasteiger partial charge is 0.225 e. The third-order valence-electron chi connectivity index (χ3n) is 4.16. The minimum atomic E-state index is 0.000435. The zero-order chi connectivity index (χ0) is 15.2. The largest absolute Gasteiger partial charge is 0.397 e. The zero-order valence-corrected chi connectivity index (χ0v) is 13.3. The van der Waals surface area contributed by atoms with Crippen LogP contribution in [0.5, 0.6) is 0 Å². The summed E-state index contributed by atoms with van der Waals surface area (Å²) in [4.78, 5) is 14.5. The van der Waals surface area contributed by atoms with Crippen molar-refractivity contribution in [2.45, 2.75) is 45.1 Å². The molecule has 0 saturated heterocycles. The predicted octanol–water partition coefficient (Wildman–Crippen LogP) is 3.52. The Balaban J connectivity index is 1.83. The van der Waals surface area contributed by atoms with Crippen molar-refractivity contribution >= 4 is 28.9 Å². The molecule has 0 bridgehead atoms. The minimum Gasteiger partial charge on any atom is -0.397 e. The van der Waals surface area contributed by atoms with Crippen LogP contribution < -0.4 is 11.1 Å². The Labute approximate surface area is 131 Å². The minimum absolute atomic E-state index is 0.000435. The summed E-state index contributed by atoms with van der Waals surface area (Å²) in [7, 11) is 0. The zero-order valence-electron chi connectivity index (χ0n) is 12.6. The molecule has 1 aromatic rings. The summed E-state index contributed by atoms with van der Waals surface area (Å²) in [6.07, 6.45) is 5.65. The monoisotopic (exact) mass is 309 g/mol. The lowest BCUT2D eigenvalue weighted by molar-refractivity contribution is -0.116. The molecule has 0 atom stereocenters. The van der Waals surface area contributed by atoms with Crippen LogP contribution in [0.4, 0.5) is 11.4 Å². The summed E-state index contributed by atoms with van der Waals surface area (Å²) in [6, 6.07) is 5.77. The SMILES string of the molecule is CCN(CCC(=O)Nc1ccc(Cl)cc1N)C1CCCC1. The molecular weight excluding hydrogens is 286 g/mol. The molecule has 5 heteroatoms. The molecule has 1 aromatic carbocycles. The Bertz CT molecular complexity index is 486. The van der Waals surface area contributed by atoms with Gasteiger partial charge in [-0.1, -0.05) is 31.4 Å². The van der Waals surface area contributed by atoms with Crippen molar-refractivity contribution in [2.75, 3.05) is 24.1 Å². The molecule has 0 spiro atoms. The second-order valence-corrected chi connectivity index (χ2v) is 6.03. The van der Waals surface area contributed by atoms with E-state index in [-0.39, 0.29) is 5.91 Å². The van der Waals surface area contributed by atoms with E-state index < -0.39 is 0 Å². The van der Waals surface area contributed by atoms with Crippen molar-refractivity contribution in [3.05, 3.63) is 23.2 Å². The van der Waals surface area contributed by atoms with E-state index in [1.807, 2.05) is 0 Å². The number of rotatable bonds is 6. The van der Waals surface area contributed by atoms with E-state index in [9.17, 15) is 4.79 Å². The topological polar surface area (TPSA) is 58.4 Å². The van der Waals surface area contributed by atoms with Crippen LogP contribution >= 0.6 is 11.6 Å². The fourth-order valence-electron chi connectivity index (χ4n) is 2.97. The maximum Gasteiger partial charge on any atom is 0.225 e. The quantitative estimate of drug-likeness (QED) is 0.791. The van der Waals surface area contributed by atoms with Crippen molar-refractivity contribution in [3.8, 4) is 0 Å². The Morgan fingerprint density at radius 1 is 1.43 bits per heavy atom.